The molecule has 0 aromatic heterocycles. The first-order chi connectivity index (χ1) is 9.54. The van der Waals surface area contributed by atoms with Gasteiger partial charge in [0, 0.05) is 10.6 Å². The van der Waals surface area contributed by atoms with Crippen molar-refractivity contribution < 1.29 is 14.7 Å². The number of hydrogen-bond acceptors (Lipinski definition) is 3. The molecular weight excluding hydrogens is 274 g/mol. The second-order valence-electron chi connectivity index (χ2n) is 4.23. The fourth-order valence-corrected chi connectivity index (χ4v) is 2.35. The van der Waals surface area contributed by atoms with Gasteiger partial charge in [-0.3, -0.25) is 0 Å². The van der Waals surface area contributed by atoms with Crippen LogP contribution in [0.4, 0.5) is 0 Å². The van der Waals surface area contributed by atoms with E-state index in [1.807, 2.05) is 0 Å². The molecule has 0 amide bonds. The highest BCUT2D eigenvalue weighted by Crippen LogP contribution is 2.34. The molecule has 5 heteroatoms. The normalized spacial score (nSPS) is 9.95. The number of allylic oxidation sites excluding steroid dienone is 3. The van der Waals surface area contributed by atoms with E-state index in [9.17, 15) is 0 Å². The molecule has 106 valence electrons. The Balaban J connectivity index is 3.47. The first kappa shape index (κ1) is 16.6. The van der Waals surface area contributed by atoms with Gasteiger partial charge in [0.1, 0.15) is 5.75 Å². The third kappa shape index (κ3) is 4.00. The Hall–Kier alpha value is -1.49. The van der Waals surface area contributed by atoms with Gasteiger partial charge in [0.15, 0.2) is 0 Å². The average molecular weight is 293 g/mol. The molecule has 1 aromatic rings. The van der Waals surface area contributed by atoms with Crippen LogP contribution in [0.15, 0.2) is 44.0 Å². The molecule has 0 saturated carbocycles. The molecule has 3 nitrogen and oxygen atoms in total. The lowest BCUT2D eigenvalue weighted by Gasteiger charge is -2.18. The van der Waals surface area contributed by atoms with Gasteiger partial charge in [-0.2, -0.15) is 0 Å². The van der Waals surface area contributed by atoms with Crippen molar-refractivity contribution in [1.29, 1.82) is 0 Å². The highest BCUT2D eigenvalue weighted by atomic mass is 35.5. The van der Waals surface area contributed by atoms with Crippen LogP contribution >= 0.6 is 11.6 Å². The lowest BCUT2D eigenvalue weighted by Crippen LogP contribution is -2.22. The Morgan fingerprint density at radius 3 is 2.10 bits per heavy atom. The number of hydrogen-bond donors (Lipinski definition) is 2. The van der Waals surface area contributed by atoms with Crippen LogP contribution in [0.1, 0.15) is 16.7 Å². The van der Waals surface area contributed by atoms with E-state index >= 15 is 0 Å². The predicted octanol–water partition coefficient (Wildman–Crippen LogP) is 2.87. The van der Waals surface area contributed by atoms with E-state index in [0.717, 1.165) is 16.7 Å². The summed E-state index contributed by atoms with van der Waals surface area (Å²) in [5.74, 6) is 0.387. The largest absolute Gasteiger partial charge is 0.707 e. The molecule has 0 aliphatic rings. The van der Waals surface area contributed by atoms with Gasteiger partial charge in [-0.15, -0.1) is 19.7 Å². The van der Waals surface area contributed by atoms with Crippen LogP contribution in [0, 0.1) is 0 Å². The van der Waals surface area contributed by atoms with Gasteiger partial charge >= 0.3 is 7.32 Å². The molecule has 0 spiro atoms. The molecule has 0 aliphatic heterocycles. The van der Waals surface area contributed by atoms with Gasteiger partial charge in [-0.1, -0.05) is 29.8 Å². The van der Waals surface area contributed by atoms with Crippen molar-refractivity contribution in [1.82, 2.24) is 0 Å². The van der Waals surface area contributed by atoms with Crippen LogP contribution in [-0.2, 0) is 19.3 Å². The van der Waals surface area contributed by atoms with E-state index in [2.05, 4.69) is 19.7 Å². The van der Waals surface area contributed by atoms with E-state index in [0.29, 0.717) is 30.0 Å². The number of rotatable bonds is 8. The summed E-state index contributed by atoms with van der Waals surface area (Å²) < 4.78 is 5.06. The Morgan fingerprint density at radius 2 is 1.60 bits per heavy atom. The topological polar surface area (TPSA) is 49.7 Å². The van der Waals surface area contributed by atoms with Gasteiger partial charge in [-0.05, 0) is 36.5 Å². The van der Waals surface area contributed by atoms with Crippen LogP contribution in [0.3, 0.4) is 0 Å². The molecule has 0 radical (unpaired) electrons. The fraction of sp³-hybridized carbons (Fsp3) is 0.200. The second-order valence-corrected chi connectivity index (χ2v) is 4.61. The van der Waals surface area contributed by atoms with Crippen molar-refractivity contribution in [2.75, 3.05) is 0 Å². The van der Waals surface area contributed by atoms with E-state index in [4.69, 9.17) is 26.3 Å². The van der Waals surface area contributed by atoms with E-state index in [1.54, 1.807) is 24.3 Å². The summed E-state index contributed by atoms with van der Waals surface area (Å²) in [5, 5.41) is 18.7. The molecule has 0 fully saturated rings. The summed E-state index contributed by atoms with van der Waals surface area (Å²) >= 11 is 6.41. The molecule has 0 atom stereocenters. The Bertz CT molecular complexity index is 512. The Kier molecular flexibility index (Phi) is 6.59. The number of halogens is 1. The van der Waals surface area contributed by atoms with Gasteiger partial charge in [0.25, 0.3) is 0 Å². The van der Waals surface area contributed by atoms with E-state index < -0.39 is 7.32 Å². The monoisotopic (exact) mass is 292 g/mol. The summed E-state index contributed by atoms with van der Waals surface area (Å²) in [5.41, 5.74) is 2.46. The maximum atomic E-state index is 9.04. The average Bonchev–Trinajstić information content (AvgIpc) is 2.38. The first-order valence-corrected chi connectivity index (χ1v) is 6.61. The molecule has 0 saturated heterocycles. The third-order valence-electron chi connectivity index (χ3n) is 2.81. The van der Waals surface area contributed by atoms with E-state index in [-0.39, 0.29) is 0 Å². The second kappa shape index (κ2) is 7.95. The minimum absolute atomic E-state index is 0.387. The molecule has 0 unspecified atom stereocenters. The predicted molar refractivity (Wildman–Crippen MR) is 84.0 cm³/mol. The zero-order chi connectivity index (χ0) is 15.1. The smallest absolute Gasteiger partial charge is 0.512 e. The van der Waals surface area contributed by atoms with Crippen molar-refractivity contribution in [3.8, 4) is 5.75 Å². The van der Waals surface area contributed by atoms with Crippen LogP contribution in [0.5, 0.6) is 5.75 Å². The van der Waals surface area contributed by atoms with Crippen molar-refractivity contribution in [3.63, 3.8) is 0 Å². The Labute approximate surface area is 125 Å². The third-order valence-corrected chi connectivity index (χ3v) is 3.28. The van der Waals surface area contributed by atoms with Gasteiger partial charge in [0.05, 0.1) is 0 Å². The Morgan fingerprint density at radius 1 is 1.05 bits per heavy atom. The quantitative estimate of drug-likeness (QED) is 0.572. The van der Waals surface area contributed by atoms with Crippen molar-refractivity contribution in [2.45, 2.75) is 19.3 Å². The maximum absolute atomic E-state index is 9.04. The zero-order valence-corrected chi connectivity index (χ0v) is 12.1. The standard InChI is InChI=1S/C15H18BClO3/c1-4-7-11-10-14(20-16(18)19)12(8-5-2)13(9-6-3)15(11)17/h4-6,10,18-19H,1-3,7-9H2. The molecule has 2 N–H and O–H groups in total. The van der Waals surface area contributed by atoms with Crippen LogP contribution in [-0.4, -0.2) is 17.4 Å². The molecule has 20 heavy (non-hydrogen) atoms. The molecule has 0 bridgehead atoms. The van der Waals surface area contributed by atoms with Crippen LogP contribution < -0.4 is 4.65 Å². The minimum Gasteiger partial charge on any atom is -0.512 e. The summed E-state index contributed by atoms with van der Waals surface area (Å²) in [6, 6.07) is 1.70. The molecule has 0 aliphatic carbocycles. The van der Waals surface area contributed by atoms with Gasteiger partial charge < -0.3 is 14.7 Å². The summed E-state index contributed by atoms with van der Waals surface area (Å²) in [6.45, 7) is 11.1. The lowest BCUT2D eigenvalue weighted by molar-refractivity contribution is 0.287. The molecular formula is C15H18BClO3. The highest BCUT2D eigenvalue weighted by molar-refractivity contribution is 6.34. The van der Waals surface area contributed by atoms with E-state index in [1.165, 1.54) is 0 Å². The van der Waals surface area contributed by atoms with Gasteiger partial charge in [0.2, 0.25) is 0 Å². The van der Waals surface area contributed by atoms with Crippen LogP contribution in [0.2, 0.25) is 5.02 Å². The van der Waals surface area contributed by atoms with Crippen molar-refractivity contribution in [3.05, 3.63) is 65.7 Å². The highest BCUT2D eigenvalue weighted by Gasteiger charge is 2.20. The van der Waals surface area contributed by atoms with Gasteiger partial charge in [-0.25, -0.2) is 0 Å². The summed E-state index contributed by atoms with van der Waals surface area (Å²) in [6.07, 6.45) is 6.82. The first-order valence-electron chi connectivity index (χ1n) is 6.23. The molecule has 1 aromatic carbocycles. The van der Waals surface area contributed by atoms with Crippen LogP contribution in [0.25, 0.3) is 0 Å². The number of benzene rings is 1. The van der Waals surface area contributed by atoms with Crippen molar-refractivity contribution >= 4 is 18.9 Å². The fourth-order valence-electron chi connectivity index (χ4n) is 2.03. The summed E-state index contributed by atoms with van der Waals surface area (Å²) in [4.78, 5) is 0. The SMILES string of the molecule is C=CCc1cc(OB(O)O)c(CC=C)c(CC=C)c1Cl. The maximum Gasteiger partial charge on any atom is 0.707 e. The van der Waals surface area contributed by atoms with Crippen molar-refractivity contribution in [2.24, 2.45) is 0 Å². The lowest BCUT2D eigenvalue weighted by atomic mass is 9.95. The molecule has 1 rings (SSSR count). The zero-order valence-electron chi connectivity index (χ0n) is 11.3. The molecule has 0 heterocycles. The minimum atomic E-state index is -1.88. The summed E-state index contributed by atoms with van der Waals surface area (Å²) in [7, 11) is -1.88.